The second-order valence-corrected chi connectivity index (χ2v) is 15.3. The van der Waals surface area contributed by atoms with E-state index in [1.54, 1.807) is 40.0 Å². The van der Waals surface area contributed by atoms with Gasteiger partial charge in [-0.25, -0.2) is 9.59 Å². The molecule has 4 aromatic rings. The largest absolute Gasteiger partial charge is 0.490 e. The van der Waals surface area contributed by atoms with E-state index in [0.29, 0.717) is 69.2 Å². The number of amides is 2. The number of carboxylic acid groups (broad SMARTS) is 1. The number of carboxylic acids is 1. The minimum Gasteiger partial charge on any atom is -0.490 e. The third-order valence-corrected chi connectivity index (χ3v) is 10.4. The number of hydrogen-bond acceptors (Lipinski definition) is 6. The molecule has 2 aliphatic rings. The number of anilines is 1. The Morgan fingerprint density at radius 1 is 1.06 bits per heavy atom. The second kappa shape index (κ2) is 15.6. The second-order valence-electron chi connectivity index (χ2n) is 14.5. The predicted octanol–water partition coefficient (Wildman–Crippen LogP) is 7.02. The lowest BCUT2D eigenvalue weighted by atomic mass is 9.93. The number of aliphatic carboxylic acids is 1. The van der Waals surface area contributed by atoms with Crippen molar-refractivity contribution >= 4 is 46.9 Å². The maximum atomic E-state index is 13.3. The number of fused-ring (bicyclic) bond motifs is 3. The molecule has 1 unspecified atom stereocenters. The van der Waals surface area contributed by atoms with Gasteiger partial charge >= 0.3 is 12.1 Å². The molecular weight excluding hydrogens is 705 g/mol. The van der Waals surface area contributed by atoms with Gasteiger partial charge in [0.05, 0.1) is 46.1 Å². The number of nitrogens with one attached hydrogen (secondary N) is 1. The average Bonchev–Trinajstić information content (AvgIpc) is 3.75. The lowest BCUT2D eigenvalue weighted by Gasteiger charge is -2.29. The van der Waals surface area contributed by atoms with E-state index in [2.05, 4.69) is 10.4 Å². The van der Waals surface area contributed by atoms with Crippen molar-refractivity contribution in [2.45, 2.75) is 44.7 Å². The van der Waals surface area contributed by atoms with Crippen molar-refractivity contribution in [2.24, 2.45) is 5.92 Å². The Labute approximate surface area is 313 Å². The number of rotatable bonds is 14. The van der Waals surface area contributed by atoms with E-state index in [1.807, 2.05) is 64.6 Å². The number of ether oxygens (including phenoxy) is 2. The van der Waals surface area contributed by atoms with Gasteiger partial charge in [0.15, 0.2) is 0 Å². The van der Waals surface area contributed by atoms with E-state index in [4.69, 9.17) is 32.7 Å². The van der Waals surface area contributed by atoms with Crippen molar-refractivity contribution in [2.75, 3.05) is 52.3 Å². The molecule has 0 spiro atoms. The fourth-order valence-electron chi connectivity index (χ4n) is 6.71. The Balaban J connectivity index is 1.12. The zero-order valence-corrected chi connectivity index (χ0v) is 31.3. The van der Waals surface area contributed by atoms with Gasteiger partial charge in [-0.1, -0.05) is 41.4 Å². The van der Waals surface area contributed by atoms with Crippen LogP contribution in [-0.4, -0.2) is 90.8 Å². The average molecular weight is 750 g/mol. The summed E-state index contributed by atoms with van der Waals surface area (Å²) in [5, 5.41) is 18.1. The molecule has 1 saturated carbocycles. The zero-order valence-electron chi connectivity index (χ0n) is 29.8. The number of nitrogens with zero attached hydrogens (tertiary/aromatic N) is 4. The van der Waals surface area contributed by atoms with E-state index in [-0.39, 0.29) is 13.2 Å². The summed E-state index contributed by atoms with van der Waals surface area (Å²) in [4.78, 5) is 40.1. The van der Waals surface area contributed by atoms with Crippen LogP contribution < -0.4 is 15.0 Å². The topological polar surface area (TPSA) is 123 Å². The van der Waals surface area contributed by atoms with Crippen molar-refractivity contribution in [3.63, 3.8) is 0 Å². The Hall–Kier alpha value is -4.58. The zero-order chi connectivity index (χ0) is 37.2. The molecule has 2 amide bonds. The molecule has 6 rings (SSSR count). The maximum absolute atomic E-state index is 13.3. The molecule has 0 radical (unpaired) electrons. The van der Waals surface area contributed by atoms with Crippen LogP contribution in [0.15, 0.2) is 67.0 Å². The Morgan fingerprint density at radius 3 is 2.62 bits per heavy atom. The van der Waals surface area contributed by atoms with Gasteiger partial charge < -0.3 is 24.4 Å². The molecule has 1 aromatic heterocycles. The van der Waals surface area contributed by atoms with Gasteiger partial charge in [-0.3, -0.25) is 14.4 Å². The summed E-state index contributed by atoms with van der Waals surface area (Å²) in [6.07, 6.45) is 5.28. The number of quaternary nitrogens is 1. The molecule has 11 nitrogen and oxygen atoms in total. The van der Waals surface area contributed by atoms with Crippen LogP contribution in [0.2, 0.25) is 10.0 Å². The number of benzene rings is 3. The minimum atomic E-state index is -1.07. The third-order valence-electron chi connectivity index (χ3n) is 9.60. The van der Waals surface area contributed by atoms with Gasteiger partial charge in [-0.15, -0.1) is 0 Å². The Bertz CT molecular complexity index is 1970. The lowest BCUT2D eigenvalue weighted by molar-refractivity contribution is -0.870. The van der Waals surface area contributed by atoms with E-state index < -0.39 is 24.0 Å². The number of halogens is 2. The van der Waals surface area contributed by atoms with Gasteiger partial charge in [0, 0.05) is 39.5 Å². The maximum Gasteiger partial charge on any atom is 0.414 e. The fourth-order valence-corrected chi connectivity index (χ4v) is 7.05. The number of aromatic nitrogens is 2. The molecule has 0 saturated heterocycles. The number of carbonyl (C=O) groups excluding carboxylic acids is 2. The van der Waals surface area contributed by atoms with Crippen LogP contribution in [0.3, 0.4) is 0 Å². The summed E-state index contributed by atoms with van der Waals surface area (Å²) in [5.41, 5.74) is 5.65. The van der Waals surface area contributed by atoms with Crippen molar-refractivity contribution in [1.29, 1.82) is 0 Å². The highest BCUT2D eigenvalue weighted by molar-refractivity contribution is 6.31. The summed E-state index contributed by atoms with van der Waals surface area (Å²) < 4.78 is 13.9. The van der Waals surface area contributed by atoms with Crippen LogP contribution in [0.4, 0.5) is 10.5 Å². The summed E-state index contributed by atoms with van der Waals surface area (Å²) in [6, 6.07) is 15.3. The van der Waals surface area contributed by atoms with Crippen molar-refractivity contribution in [3.8, 4) is 16.9 Å². The van der Waals surface area contributed by atoms with Crippen LogP contribution in [0, 0.1) is 12.8 Å². The Kier molecular flexibility index (Phi) is 11.1. The fraction of sp³-hybridized carbons (Fsp3) is 0.385. The molecule has 3 aromatic carbocycles. The first-order valence-electron chi connectivity index (χ1n) is 17.4. The molecule has 274 valence electrons. The Morgan fingerprint density at radius 2 is 1.85 bits per heavy atom. The summed E-state index contributed by atoms with van der Waals surface area (Å²) in [6.45, 7) is 3.86. The molecule has 1 aliphatic heterocycles. The molecule has 0 bridgehead atoms. The normalized spacial score (nSPS) is 16.8. The monoisotopic (exact) mass is 748 g/mol. The molecule has 52 heavy (non-hydrogen) atoms. The molecule has 2 N–H and O–H groups in total. The highest BCUT2D eigenvalue weighted by Crippen LogP contribution is 2.57. The van der Waals surface area contributed by atoms with Crippen molar-refractivity contribution < 1.29 is 33.4 Å². The first-order valence-corrected chi connectivity index (χ1v) is 18.1. The van der Waals surface area contributed by atoms with Gasteiger partial charge in [0.2, 0.25) is 0 Å². The van der Waals surface area contributed by atoms with E-state index >= 15 is 0 Å². The van der Waals surface area contributed by atoms with Gasteiger partial charge in [-0.05, 0) is 91.1 Å². The van der Waals surface area contributed by atoms with E-state index in [9.17, 15) is 19.5 Å². The van der Waals surface area contributed by atoms with E-state index in [1.165, 1.54) is 0 Å². The SMILES string of the molecule is Cc1c(Cl)cccc1OCCOC(=O)N1C[C@@H]2C[C@@H]2c2c(-c3cnn(Cc4cc(C(=O)NC(CCC[N+](C)(C)C)C(=O)O)ccc4Cl)c3)cccc21. The highest BCUT2D eigenvalue weighted by atomic mass is 35.5. The number of carbonyl (C=O) groups is 3. The van der Waals surface area contributed by atoms with Gasteiger partial charge in [0.1, 0.15) is 25.0 Å². The third kappa shape index (κ3) is 8.71. The minimum absolute atomic E-state index is 0.0968. The predicted molar refractivity (Wildman–Crippen MR) is 200 cm³/mol. The van der Waals surface area contributed by atoms with Crippen LogP contribution in [0.25, 0.3) is 11.1 Å². The van der Waals surface area contributed by atoms with E-state index in [0.717, 1.165) is 40.9 Å². The molecule has 1 aliphatic carbocycles. The molecular formula is C39H44Cl2N5O6+. The molecule has 3 atom stereocenters. The first kappa shape index (κ1) is 37.2. The standard InChI is InChI=1S/C39H43Cl2N5O6/c1-24-31(40)9-6-12-35(24)51-16-17-52-39(50)45-23-26-19-30(26)36-29(8-5-11-34(36)45)28-20-42-44(22-28)21-27-18-25(13-14-32(27)41)37(47)43-33(38(48)49)10-7-15-46(2,3)4/h5-6,8-9,11-14,18,20,22,26,30,33H,7,10,15-17,19,21,23H2,1-4H3,(H-,43,47,48,49)/p+1/t26-,30-,33?/m0/s1. The van der Waals surface area contributed by atoms with Gasteiger partial charge in [0.25, 0.3) is 5.91 Å². The van der Waals surface area contributed by atoms with Crippen molar-refractivity contribution in [3.05, 3.63) is 99.3 Å². The van der Waals surface area contributed by atoms with Crippen molar-refractivity contribution in [1.82, 2.24) is 15.1 Å². The molecule has 2 heterocycles. The lowest BCUT2D eigenvalue weighted by Crippen LogP contribution is -2.42. The van der Waals surface area contributed by atoms with Gasteiger partial charge in [-0.2, -0.15) is 5.10 Å². The molecule has 1 fully saturated rings. The summed E-state index contributed by atoms with van der Waals surface area (Å²) in [5.74, 6) is -0.182. The molecule has 13 heteroatoms. The van der Waals surface area contributed by atoms with Crippen LogP contribution in [-0.2, 0) is 16.1 Å². The van der Waals surface area contributed by atoms with Crippen LogP contribution in [0.1, 0.15) is 52.2 Å². The number of hydrogen-bond donors (Lipinski definition) is 2. The highest BCUT2D eigenvalue weighted by Gasteiger charge is 2.48. The first-order chi connectivity index (χ1) is 24.8. The summed E-state index contributed by atoms with van der Waals surface area (Å²) >= 11 is 12.8. The quantitative estimate of drug-likeness (QED) is 0.105. The summed E-state index contributed by atoms with van der Waals surface area (Å²) in [7, 11) is 6.12. The van der Waals surface area contributed by atoms with Crippen LogP contribution >= 0.6 is 23.2 Å². The van der Waals surface area contributed by atoms with Crippen LogP contribution in [0.5, 0.6) is 5.75 Å². The smallest absolute Gasteiger partial charge is 0.414 e.